The Kier molecular flexibility index (Phi) is 4.86. The monoisotopic (exact) mass is 459 g/mol. The van der Waals surface area contributed by atoms with Crippen molar-refractivity contribution in [3.05, 3.63) is 62.3 Å². The minimum absolute atomic E-state index is 0.208. The van der Waals surface area contributed by atoms with Crippen LogP contribution >= 0.6 is 34.2 Å². The number of rotatable bonds is 4. The molecule has 24 heavy (non-hydrogen) atoms. The fourth-order valence-electron chi connectivity index (χ4n) is 2.14. The summed E-state index contributed by atoms with van der Waals surface area (Å²) >= 11 is 8.14. The minimum Gasteiger partial charge on any atom is -0.302 e. The number of halogens is 3. The molecule has 0 fully saturated rings. The topological polar surface area (TPSA) is 64.7 Å². The first-order chi connectivity index (χ1) is 11.4. The van der Waals surface area contributed by atoms with E-state index in [9.17, 15) is 9.18 Å². The van der Waals surface area contributed by atoms with E-state index in [2.05, 4.69) is 15.5 Å². The predicted octanol–water partition coefficient (Wildman–Crippen LogP) is 3.31. The third-order valence-corrected chi connectivity index (χ3v) is 4.30. The highest BCUT2D eigenvalue weighted by atomic mass is 127. The Morgan fingerprint density at radius 2 is 2.08 bits per heavy atom. The molecule has 1 N–H and O–H groups in total. The Balaban J connectivity index is 1.78. The molecule has 124 valence electrons. The van der Waals surface area contributed by atoms with Crippen molar-refractivity contribution in [3.63, 3.8) is 0 Å². The summed E-state index contributed by atoms with van der Waals surface area (Å²) in [6, 6.07) is 6.41. The van der Waals surface area contributed by atoms with Crippen LogP contribution in [0.5, 0.6) is 0 Å². The summed E-state index contributed by atoms with van der Waals surface area (Å²) in [6.07, 6.45) is 3.26. The van der Waals surface area contributed by atoms with Crippen LogP contribution in [0.1, 0.15) is 16.1 Å². The first kappa shape index (κ1) is 16.9. The number of amides is 1. The first-order valence-corrected chi connectivity index (χ1v) is 8.36. The summed E-state index contributed by atoms with van der Waals surface area (Å²) < 4.78 is 17.4. The minimum atomic E-state index is -0.405. The normalized spacial score (nSPS) is 10.8. The molecule has 0 radical (unpaired) electrons. The van der Waals surface area contributed by atoms with E-state index in [0.717, 1.165) is 3.57 Å². The third kappa shape index (κ3) is 3.59. The van der Waals surface area contributed by atoms with Gasteiger partial charge in [-0.3, -0.25) is 14.2 Å². The molecule has 0 aliphatic heterocycles. The van der Waals surface area contributed by atoms with Crippen molar-refractivity contribution in [1.29, 1.82) is 0 Å². The zero-order valence-electron chi connectivity index (χ0n) is 12.5. The fourth-order valence-corrected chi connectivity index (χ4v) is 3.10. The molecule has 2 aromatic heterocycles. The van der Waals surface area contributed by atoms with Crippen LogP contribution in [0, 0.1) is 9.39 Å². The first-order valence-electron chi connectivity index (χ1n) is 6.91. The second-order valence-corrected chi connectivity index (χ2v) is 6.64. The number of hydrogen-bond donors (Lipinski definition) is 1. The molecule has 2 heterocycles. The van der Waals surface area contributed by atoms with Crippen LogP contribution < -0.4 is 5.32 Å². The summed E-state index contributed by atoms with van der Waals surface area (Å²) in [4.78, 5) is 12.3. The fraction of sp³-hybridized carbons (Fsp3) is 0.133. The molecule has 0 saturated carbocycles. The number of benzene rings is 1. The maximum absolute atomic E-state index is 13.7. The van der Waals surface area contributed by atoms with Gasteiger partial charge in [-0.15, -0.1) is 0 Å². The Morgan fingerprint density at radius 3 is 2.75 bits per heavy atom. The standard InChI is InChI=1S/C15H12ClFIN5O/c1-22-8-12(18)13(20-22)15(24)19-14-10(16)7-23(21-14)6-9-4-2-3-5-11(9)17/h2-5,7-8H,6H2,1H3,(H,19,21,24). The van der Waals surface area contributed by atoms with E-state index in [1.807, 2.05) is 22.6 Å². The highest BCUT2D eigenvalue weighted by molar-refractivity contribution is 14.1. The van der Waals surface area contributed by atoms with E-state index in [1.54, 1.807) is 36.1 Å². The molecule has 1 aromatic carbocycles. The van der Waals surface area contributed by atoms with Gasteiger partial charge in [0.25, 0.3) is 5.91 Å². The highest BCUT2D eigenvalue weighted by Gasteiger charge is 2.18. The van der Waals surface area contributed by atoms with E-state index in [-0.39, 0.29) is 28.9 Å². The number of aromatic nitrogens is 4. The second-order valence-electron chi connectivity index (χ2n) is 5.07. The molecule has 6 nitrogen and oxygen atoms in total. The van der Waals surface area contributed by atoms with Crippen molar-refractivity contribution in [2.75, 3.05) is 5.32 Å². The summed E-state index contributed by atoms with van der Waals surface area (Å²) in [6.45, 7) is 0.212. The maximum Gasteiger partial charge on any atom is 0.278 e. The Labute approximate surface area is 155 Å². The van der Waals surface area contributed by atoms with Crippen LogP contribution in [0.25, 0.3) is 0 Å². The van der Waals surface area contributed by atoms with E-state index in [0.29, 0.717) is 5.56 Å². The van der Waals surface area contributed by atoms with Crippen LogP contribution in [-0.2, 0) is 13.6 Å². The van der Waals surface area contributed by atoms with Gasteiger partial charge in [-0.05, 0) is 28.7 Å². The lowest BCUT2D eigenvalue weighted by atomic mass is 10.2. The molecule has 0 bridgehead atoms. The van der Waals surface area contributed by atoms with Crippen LogP contribution in [0.4, 0.5) is 10.2 Å². The lowest BCUT2D eigenvalue weighted by molar-refractivity contribution is 0.102. The second kappa shape index (κ2) is 6.89. The highest BCUT2D eigenvalue weighted by Crippen LogP contribution is 2.22. The lowest BCUT2D eigenvalue weighted by Crippen LogP contribution is -2.15. The number of aryl methyl sites for hydroxylation is 1. The molecule has 0 unspecified atom stereocenters. The van der Waals surface area contributed by atoms with Gasteiger partial charge in [0.15, 0.2) is 11.5 Å². The van der Waals surface area contributed by atoms with Gasteiger partial charge < -0.3 is 5.32 Å². The Bertz CT molecular complexity index is 907. The van der Waals surface area contributed by atoms with Crippen LogP contribution in [0.15, 0.2) is 36.7 Å². The van der Waals surface area contributed by atoms with Crippen molar-refractivity contribution >= 4 is 45.9 Å². The summed E-state index contributed by atoms with van der Waals surface area (Å²) in [5.41, 5.74) is 0.770. The quantitative estimate of drug-likeness (QED) is 0.609. The molecule has 9 heteroatoms. The van der Waals surface area contributed by atoms with Crippen LogP contribution in [0.2, 0.25) is 5.02 Å². The van der Waals surface area contributed by atoms with Gasteiger partial charge in [0.05, 0.1) is 10.1 Å². The molecule has 3 aromatic rings. The smallest absolute Gasteiger partial charge is 0.278 e. The number of nitrogens with one attached hydrogen (secondary N) is 1. The van der Waals surface area contributed by atoms with Crippen LogP contribution in [0.3, 0.4) is 0 Å². The number of nitrogens with zero attached hydrogens (tertiary/aromatic N) is 4. The molecule has 0 atom stereocenters. The molecule has 0 saturated heterocycles. The van der Waals surface area contributed by atoms with Gasteiger partial charge in [-0.2, -0.15) is 10.2 Å². The van der Waals surface area contributed by atoms with E-state index >= 15 is 0 Å². The maximum atomic E-state index is 13.7. The zero-order valence-corrected chi connectivity index (χ0v) is 15.4. The van der Waals surface area contributed by atoms with Crippen molar-refractivity contribution in [2.24, 2.45) is 7.05 Å². The van der Waals surface area contributed by atoms with Gasteiger partial charge in [-0.1, -0.05) is 29.8 Å². The lowest BCUT2D eigenvalue weighted by Gasteiger charge is -2.03. The molecule has 0 spiro atoms. The molecular formula is C15H12ClFIN5O. The number of carbonyl (C=O) groups is 1. The average Bonchev–Trinajstić information content (AvgIpc) is 3.04. The largest absolute Gasteiger partial charge is 0.302 e. The van der Waals surface area contributed by atoms with Gasteiger partial charge >= 0.3 is 0 Å². The average molecular weight is 460 g/mol. The molecule has 1 amide bonds. The molecule has 3 rings (SSSR count). The number of carbonyl (C=O) groups excluding carboxylic acids is 1. The third-order valence-electron chi connectivity index (χ3n) is 3.24. The summed E-state index contributed by atoms with van der Waals surface area (Å²) in [5, 5.41) is 11.2. The molecule has 0 aliphatic carbocycles. The molecular weight excluding hydrogens is 448 g/mol. The Morgan fingerprint density at radius 1 is 1.33 bits per heavy atom. The van der Waals surface area contributed by atoms with E-state index in [1.165, 1.54) is 16.9 Å². The predicted molar refractivity (Wildman–Crippen MR) is 96.6 cm³/mol. The number of hydrogen-bond acceptors (Lipinski definition) is 3. The zero-order chi connectivity index (χ0) is 17.3. The van der Waals surface area contributed by atoms with Gasteiger partial charge in [0.1, 0.15) is 10.8 Å². The van der Waals surface area contributed by atoms with Crippen LogP contribution in [-0.4, -0.2) is 25.5 Å². The Hall–Kier alpha value is -1.94. The van der Waals surface area contributed by atoms with Crippen molar-refractivity contribution in [2.45, 2.75) is 6.54 Å². The summed E-state index contributed by atoms with van der Waals surface area (Å²) in [5.74, 6) is -0.518. The summed E-state index contributed by atoms with van der Waals surface area (Å²) in [7, 11) is 1.73. The SMILES string of the molecule is Cn1cc(I)c(C(=O)Nc2nn(Cc3ccccc3F)cc2Cl)n1. The number of anilines is 1. The van der Waals surface area contributed by atoms with Crippen molar-refractivity contribution in [3.8, 4) is 0 Å². The van der Waals surface area contributed by atoms with Crippen molar-refractivity contribution < 1.29 is 9.18 Å². The van der Waals surface area contributed by atoms with E-state index < -0.39 is 5.91 Å². The molecule has 0 aliphatic rings. The van der Waals surface area contributed by atoms with Gasteiger partial charge in [0.2, 0.25) is 0 Å². The van der Waals surface area contributed by atoms with Gasteiger partial charge in [-0.25, -0.2) is 4.39 Å². The van der Waals surface area contributed by atoms with Gasteiger partial charge in [0, 0.05) is 25.0 Å². The van der Waals surface area contributed by atoms with Crippen molar-refractivity contribution in [1.82, 2.24) is 19.6 Å². The van der Waals surface area contributed by atoms with E-state index in [4.69, 9.17) is 11.6 Å².